The minimum absolute atomic E-state index is 0.0310. The summed E-state index contributed by atoms with van der Waals surface area (Å²) in [5.41, 5.74) is 0. The van der Waals surface area contributed by atoms with E-state index >= 15 is 0 Å². The number of carbonyl (C=O) groups is 1. The van der Waals surface area contributed by atoms with E-state index in [1.54, 1.807) is 13.1 Å². The number of guanidine groups is 1. The predicted octanol–water partition coefficient (Wildman–Crippen LogP) is 0.786. The number of hydrogen-bond donors (Lipinski definition) is 3. The zero-order valence-electron chi connectivity index (χ0n) is 11.2. The molecule has 102 valence electrons. The van der Waals surface area contributed by atoms with Gasteiger partial charge in [-0.15, -0.1) is 6.58 Å². The number of amides is 1. The first-order valence-corrected chi connectivity index (χ1v) is 6.61. The summed E-state index contributed by atoms with van der Waals surface area (Å²) in [6.45, 7) is 4.50. The molecule has 5 nitrogen and oxygen atoms in total. The lowest BCUT2D eigenvalue weighted by Gasteiger charge is -2.23. The molecule has 1 rings (SSSR count). The van der Waals surface area contributed by atoms with Gasteiger partial charge < -0.3 is 16.0 Å². The van der Waals surface area contributed by atoms with Crippen molar-refractivity contribution in [3.05, 3.63) is 12.7 Å². The number of nitrogens with zero attached hydrogens (tertiary/aromatic N) is 1. The summed E-state index contributed by atoms with van der Waals surface area (Å²) in [4.78, 5) is 15.7. The molecule has 1 saturated carbocycles. The van der Waals surface area contributed by atoms with Crippen molar-refractivity contribution in [2.24, 2.45) is 4.99 Å². The maximum Gasteiger partial charge on any atom is 0.239 e. The Bertz CT molecular complexity index is 295. The molecule has 5 heteroatoms. The monoisotopic (exact) mass is 252 g/mol. The van der Waals surface area contributed by atoms with Crippen molar-refractivity contribution in [1.82, 2.24) is 16.0 Å². The van der Waals surface area contributed by atoms with Gasteiger partial charge in [-0.05, 0) is 12.8 Å². The molecule has 0 aliphatic heterocycles. The van der Waals surface area contributed by atoms with E-state index in [-0.39, 0.29) is 12.5 Å². The Morgan fingerprint density at radius 3 is 2.67 bits per heavy atom. The number of hydrogen-bond acceptors (Lipinski definition) is 2. The van der Waals surface area contributed by atoms with Crippen molar-refractivity contribution < 1.29 is 4.79 Å². The summed E-state index contributed by atoms with van der Waals surface area (Å²) in [5, 5.41) is 9.04. The fourth-order valence-corrected chi connectivity index (χ4v) is 2.08. The van der Waals surface area contributed by atoms with Gasteiger partial charge in [0.05, 0.1) is 6.54 Å². The van der Waals surface area contributed by atoms with Crippen molar-refractivity contribution in [3.8, 4) is 0 Å². The summed E-state index contributed by atoms with van der Waals surface area (Å²) >= 11 is 0. The van der Waals surface area contributed by atoms with Gasteiger partial charge in [-0.2, -0.15) is 0 Å². The summed E-state index contributed by atoms with van der Waals surface area (Å²) < 4.78 is 0. The first-order chi connectivity index (χ1) is 8.76. The van der Waals surface area contributed by atoms with Crippen LogP contribution in [0.25, 0.3) is 0 Å². The summed E-state index contributed by atoms with van der Waals surface area (Å²) in [7, 11) is 1.68. The highest BCUT2D eigenvalue weighted by Crippen LogP contribution is 2.16. The summed E-state index contributed by atoms with van der Waals surface area (Å²) in [6, 6.07) is 0.358. The topological polar surface area (TPSA) is 65.5 Å². The Labute approximate surface area is 109 Å². The van der Waals surface area contributed by atoms with E-state index in [1.165, 1.54) is 19.3 Å². The lowest BCUT2D eigenvalue weighted by molar-refractivity contribution is -0.120. The molecule has 0 aromatic heterocycles. The van der Waals surface area contributed by atoms with Gasteiger partial charge in [0, 0.05) is 19.6 Å². The van der Waals surface area contributed by atoms with E-state index in [9.17, 15) is 4.79 Å². The molecular formula is C13H24N4O. The second-order valence-electron chi connectivity index (χ2n) is 4.50. The lowest BCUT2D eigenvalue weighted by Crippen LogP contribution is -2.46. The third-order valence-corrected chi connectivity index (χ3v) is 3.02. The van der Waals surface area contributed by atoms with Crippen molar-refractivity contribution in [3.63, 3.8) is 0 Å². The van der Waals surface area contributed by atoms with Crippen LogP contribution in [0.5, 0.6) is 0 Å². The second-order valence-corrected chi connectivity index (χ2v) is 4.50. The highest BCUT2D eigenvalue weighted by molar-refractivity contribution is 5.86. The summed E-state index contributed by atoms with van der Waals surface area (Å²) in [5.74, 6) is 0.650. The van der Waals surface area contributed by atoms with Crippen molar-refractivity contribution >= 4 is 11.9 Å². The van der Waals surface area contributed by atoms with Crippen LogP contribution in [-0.2, 0) is 4.79 Å². The van der Waals surface area contributed by atoms with Gasteiger partial charge in [0.25, 0.3) is 0 Å². The maximum atomic E-state index is 11.7. The van der Waals surface area contributed by atoms with Gasteiger partial charge in [0.2, 0.25) is 5.91 Å². The number of nitrogens with one attached hydrogen (secondary N) is 3. The van der Waals surface area contributed by atoms with E-state index in [4.69, 9.17) is 0 Å². The first kappa shape index (κ1) is 14.5. The molecule has 1 aliphatic rings. The third kappa shape index (κ3) is 5.70. The van der Waals surface area contributed by atoms with Crippen LogP contribution in [0.3, 0.4) is 0 Å². The number of carbonyl (C=O) groups excluding carboxylic acids is 1. The van der Waals surface area contributed by atoms with Crippen LogP contribution < -0.4 is 16.0 Å². The molecule has 0 aromatic carbocycles. The SMILES string of the molecule is C=CCNC(=NC)NCC(=O)NC1CCCCC1. The van der Waals surface area contributed by atoms with Gasteiger partial charge in [0.15, 0.2) is 5.96 Å². The molecule has 18 heavy (non-hydrogen) atoms. The largest absolute Gasteiger partial charge is 0.353 e. The van der Waals surface area contributed by atoms with Crippen molar-refractivity contribution in [2.75, 3.05) is 20.1 Å². The van der Waals surface area contributed by atoms with Gasteiger partial charge >= 0.3 is 0 Å². The first-order valence-electron chi connectivity index (χ1n) is 6.61. The molecule has 0 aromatic rings. The van der Waals surface area contributed by atoms with Gasteiger partial charge in [-0.25, -0.2) is 0 Å². The van der Waals surface area contributed by atoms with Gasteiger partial charge in [0.1, 0.15) is 0 Å². The second kappa shape index (κ2) is 8.55. The van der Waals surface area contributed by atoms with E-state index in [0.29, 0.717) is 18.5 Å². The Kier molecular flexibility index (Phi) is 6.91. The predicted molar refractivity (Wildman–Crippen MR) is 74.6 cm³/mol. The molecule has 0 radical (unpaired) electrons. The van der Waals surface area contributed by atoms with Gasteiger partial charge in [-0.1, -0.05) is 25.3 Å². The van der Waals surface area contributed by atoms with Crippen molar-refractivity contribution in [1.29, 1.82) is 0 Å². The van der Waals surface area contributed by atoms with Gasteiger partial charge in [-0.3, -0.25) is 9.79 Å². The Morgan fingerprint density at radius 2 is 2.06 bits per heavy atom. The van der Waals surface area contributed by atoms with Crippen LogP contribution in [0.2, 0.25) is 0 Å². The van der Waals surface area contributed by atoms with Crippen molar-refractivity contribution in [2.45, 2.75) is 38.1 Å². The van der Waals surface area contributed by atoms with Crippen LogP contribution in [0, 0.1) is 0 Å². The quantitative estimate of drug-likeness (QED) is 0.385. The standard InChI is InChI=1S/C13H24N4O/c1-3-9-15-13(14-2)16-10-12(18)17-11-7-5-4-6-8-11/h3,11H,1,4-10H2,2H3,(H,17,18)(H2,14,15,16). The Morgan fingerprint density at radius 1 is 1.33 bits per heavy atom. The molecule has 1 fully saturated rings. The lowest BCUT2D eigenvalue weighted by atomic mass is 9.95. The normalized spacial score (nSPS) is 17.1. The number of aliphatic imine (C=N–C) groups is 1. The van der Waals surface area contributed by atoms with Crippen LogP contribution >= 0.6 is 0 Å². The molecule has 0 unspecified atom stereocenters. The van der Waals surface area contributed by atoms with E-state index in [1.807, 2.05) is 0 Å². The average Bonchev–Trinajstić information content (AvgIpc) is 2.40. The third-order valence-electron chi connectivity index (χ3n) is 3.02. The highest BCUT2D eigenvalue weighted by Gasteiger charge is 2.15. The smallest absolute Gasteiger partial charge is 0.239 e. The molecule has 0 spiro atoms. The van der Waals surface area contributed by atoms with E-state index < -0.39 is 0 Å². The zero-order valence-corrected chi connectivity index (χ0v) is 11.2. The van der Waals surface area contributed by atoms with Crippen LogP contribution in [0.15, 0.2) is 17.6 Å². The fraction of sp³-hybridized carbons (Fsp3) is 0.692. The van der Waals surface area contributed by atoms with Crippen LogP contribution in [0.4, 0.5) is 0 Å². The van der Waals surface area contributed by atoms with E-state index in [0.717, 1.165) is 12.8 Å². The molecule has 1 amide bonds. The zero-order chi connectivity index (χ0) is 13.2. The maximum absolute atomic E-state index is 11.7. The molecule has 0 atom stereocenters. The molecule has 0 bridgehead atoms. The highest BCUT2D eigenvalue weighted by atomic mass is 16.2. The fourth-order valence-electron chi connectivity index (χ4n) is 2.08. The minimum Gasteiger partial charge on any atom is -0.353 e. The average molecular weight is 252 g/mol. The molecule has 0 saturated heterocycles. The molecule has 1 aliphatic carbocycles. The molecule has 0 heterocycles. The molecule has 3 N–H and O–H groups in total. The van der Waals surface area contributed by atoms with E-state index in [2.05, 4.69) is 27.5 Å². The number of rotatable bonds is 5. The molecular weight excluding hydrogens is 228 g/mol. The van der Waals surface area contributed by atoms with Crippen LogP contribution in [0.1, 0.15) is 32.1 Å². The van der Waals surface area contributed by atoms with Crippen LogP contribution in [-0.4, -0.2) is 38.0 Å². The Balaban J connectivity index is 2.20. The summed E-state index contributed by atoms with van der Waals surface area (Å²) in [6.07, 6.45) is 7.70. The Hall–Kier alpha value is -1.52. The minimum atomic E-state index is 0.0310.